The van der Waals surface area contributed by atoms with Gasteiger partial charge in [-0.2, -0.15) is 0 Å². The van der Waals surface area contributed by atoms with E-state index in [2.05, 4.69) is 27.5 Å². The highest BCUT2D eigenvalue weighted by atomic mass is 19.1. The minimum Gasteiger partial charge on any atom is -0.491 e. The number of hydrogen-bond donors (Lipinski definition) is 3. The Hall–Kier alpha value is -3.53. The van der Waals surface area contributed by atoms with Crippen molar-refractivity contribution in [1.29, 1.82) is 0 Å². The molecule has 2 aromatic rings. The number of nitrogens with one attached hydrogen (secondary N) is 3. The number of benzene rings is 2. The van der Waals surface area contributed by atoms with Crippen molar-refractivity contribution in [2.75, 3.05) is 37.5 Å². The van der Waals surface area contributed by atoms with Gasteiger partial charge in [-0.25, -0.2) is 18.0 Å². The van der Waals surface area contributed by atoms with E-state index in [9.17, 15) is 18.0 Å². The molecule has 0 fully saturated rings. The van der Waals surface area contributed by atoms with E-state index >= 15 is 0 Å². The van der Waals surface area contributed by atoms with Crippen LogP contribution >= 0.6 is 0 Å². The Labute approximate surface area is 203 Å². The van der Waals surface area contributed by atoms with Gasteiger partial charge in [-0.3, -0.25) is 4.99 Å². The molecule has 0 aliphatic rings. The van der Waals surface area contributed by atoms with Gasteiger partial charge in [0.2, 0.25) is 0 Å². The van der Waals surface area contributed by atoms with E-state index in [0.717, 1.165) is 6.07 Å². The molecule has 190 valence electrons. The number of aliphatic imine (C=N–C) groups is 1. The van der Waals surface area contributed by atoms with Gasteiger partial charge < -0.3 is 25.4 Å². The van der Waals surface area contributed by atoms with Gasteiger partial charge in [0.05, 0.1) is 23.5 Å². The van der Waals surface area contributed by atoms with Crippen LogP contribution in [0, 0.1) is 11.6 Å². The zero-order valence-electron chi connectivity index (χ0n) is 20.3. The van der Waals surface area contributed by atoms with Crippen molar-refractivity contribution in [2.24, 2.45) is 4.99 Å². The van der Waals surface area contributed by atoms with Crippen LogP contribution in [0.2, 0.25) is 0 Å². The molecule has 2 aromatic carbocycles. The van der Waals surface area contributed by atoms with Gasteiger partial charge in [0.25, 0.3) is 0 Å². The molecule has 0 saturated heterocycles. The largest absolute Gasteiger partial charge is 0.491 e. The van der Waals surface area contributed by atoms with Crippen LogP contribution in [0.25, 0.3) is 5.70 Å². The molecule has 0 heterocycles. The molecule has 7 nitrogen and oxygen atoms in total. The van der Waals surface area contributed by atoms with Crippen molar-refractivity contribution in [3.05, 3.63) is 54.1 Å². The Balaban J connectivity index is 2.11. The second-order valence-corrected chi connectivity index (χ2v) is 8.18. The molecule has 0 atom stereocenters. The normalized spacial score (nSPS) is 11.4. The molecule has 0 spiro atoms. The second kappa shape index (κ2) is 12.8. The zero-order valence-corrected chi connectivity index (χ0v) is 20.3. The first-order valence-electron chi connectivity index (χ1n) is 11.0. The predicted molar refractivity (Wildman–Crippen MR) is 133 cm³/mol. The number of ether oxygens (including phenoxy) is 2. The van der Waals surface area contributed by atoms with Crippen molar-refractivity contribution in [3.8, 4) is 5.75 Å². The van der Waals surface area contributed by atoms with E-state index in [-0.39, 0.29) is 53.6 Å². The first-order chi connectivity index (χ1) is 16.5. The maximum absolute atomic E-state index is 14.9. The number of carbonyl (C=O) groups excluding carboxylic acids is 1. The van der Waals surface area contributed by atoms with Crippen LogP contribution < -0.4 is 20.7 Å². The van der Waals surface area contributed by atoms with Crippen molar-refractivity contribution in [1.82, 2.24) is 5.32 Å². The molecular weight excluding hydrogens is 461 g/mol. The van der Waals surface area contributed by atoms with Crippen molar-refractivity contribution in [2.45, 2.75) is 32.9 Å². The topological polar surface area (TPSA) is 84.0 Å². The zero-order chi connectivity index (χ0) is 26.0. The Bertz CT molecular complexity index is 1070. The third kappa shape index (κ3) is 8.97. The number of anilines is 2. The van der Waals surface area contributed by atoms with Crippen LogP contribution in [0.15, 0.2) is 41.9 Å². The summed E-state index contributed by atoms with van der Waals surface area (Å²) in [5.74, 6) is -1.08. The molecule has 0 unspecified atom stereocenters. The van der Waals surface area contributed by atoms with E-state index in [1.54, 1.807) is 13.0 Å². The summed E-state index contributed by atoms with van der Waals surface area (Å²) < 4.78 is 53.5. The molecule has 2 amide bonds. The third-order valence-corrected chi connectivity index (χ3v) is 4.69. The smallest absolute Gasteiger partial charge is 0.319 e. The number of alkyl halides is 1. The summed E-state index contributed by atoms with van der Waals surface area (Å²) >= 11 is 0. The average molecular weight is 493 g/mol. The number of nitrogens with zero attached hydrogens (tertiary/aromatic N) is 1. The number of rotatable bonds is 12. The van der Waals surface area contributed by atoms with Crippen LogP contribution in [-0.2, 0) is 4.74 Å². The van der Waals surface area contributed by atoms with Crippen molar-refractivity contribution in [3.63, 3.8) is 0 Å². The van der Waals surface area contributed by atoms with Gasteiger partial charge in [0.1, 0.15) is 29.7 Å². The van der Waals surface area contributed by atoms with Crippen molar-refractivity contribution >= 4 is 35.0 Å². The van der Waals surface area contributed by atoms with Crippen LogP contribution in [0.4, 0.5) is 35.0 Å². The lowest BCUT2D eigenvalue weighted by molar-refractivity contribution is 0.146. The minimum absolute atomic E-state index is 0.0198. The van der Waals surface area contributed by atoms with Crippen LogP contribution in [0.1, 0.15) is 32.8 Å². The summed E-state index contributed by atoms with van der Waals surface area (Å²) in [5, 5.41) is 7.74. The van der Waals surface area contributed by atoms with Crippen LogP contribution in [0.5, 0.6) is 5.75 Å². The van der Waals surface area contributed by atoms with Gasteiger partial charge in [-0.1, -0.05) is 6.58 Å². The van der Waals surface area contributed by atoms with Gasteiger partial charge in [0.15, 0.2) is 0 Å². The fourth-order valence-electron chi connectivity index (χ4n) is 3.00. The molecule has 0 aromatic heterocycles. The summed E-state index contributed by atoms with van der Waals surface area (Å²) in [4.78, 5) is 16.1. The lowest BCUT2D eigenvalue weighted by Gasteiger charge is -2.16. The summed E-state index contributed by atoms with van der Waals surface area (Å²) in [6, 6.07) is 6.10. The van der Waals surface area contributed by atoms with Gasteiger partial charge in [-0.15, -0.1) is 0 Å². The molecule has 10 heteroatoms. The van der Waals surface area contributed by atoms with E-state index in [1.165, 1.54) is 45.4 Å². The number of halogens is 3. The van der Waals surface area contributed by atoms with Gasteiger partial charge in [-0.05, 0) is 45.4 Å². The average Bonchev–Trinajstić information content (AvgIpc) is 2.75. The first kappa shape index (κ1) is 27.7. The quantitative estimate of drug-likeness (QED) is 0.249. The summed E-state index contributed by atoms with van der Waals surface area (Å²) in [6.07, 6.45) is 1.63. The molecule has 0 aliphatic carbocycles. The number of amides is 2. The minimum atomic E-state index is -1.41. The monoisotopic (exact) mass is 492 g/mol. The fourth-order valence-corrected chi connectivity index (χ4v) is 3.00. The van der Waals surface area contributed by atoms with Crippen LogP contribution in [0.3, 0.4) is 0 Å². The van der Waals surface area contributed by atoms with E-state index in [4.69, 9.17) is 9.47 Å². The summed E-state index contributed by atoms with van der Waals surface area (Å²) in [5.41, 5.74) is -0.808. The maximum atomic E-state index is 14.9. The first-order valence-corrected chi connectivity index (χ1v) is 11.0. The SMILES string of the molecule is C=C(Nc1ccc(NC(=O)NCCC(C)(C)F)cc1F)c1c(F)cc(OCCOC)cc1N=CC. The number of hydrogen-bond acceptors (Lipinski definition) is 5. The van der Waals surface area contributed by atoms with E-state index < -0.39 is 23.3 Å². The highest BCUT2D eigenvalue weighted by Crippen LogP contribution is 2.34. The molecular formula is C25H31F3N4O3. The van der Waals surface area contributed by atoms with Crippen LogP contribution in [-0.4, -0.2) is 44.8 Å². The Morgan fingerprint density at radius 2 is 1.89 bits per heavy atom. The van der Waals surface area contributed by atoms with E-state index in [0.29, 0.717) is 6.61 Å². The van der Waals surface area contributed by atoms with Gasteiger partial charge in [0, 0.05) is 43.4 Å². The molecule has 2 rings (SSSR count). The Morgan fingerprint density at radius 1 is 1.14 bits per heavy atom. The number of carbonyl (C=O) groups is 1. The highest BCUT2D eigenvalue weighted by molar-refractivity contribution is 5.90. The standard InChI is InChI=1S/C25H31F3N4O3/c1-6-29-22-15-18(35-12-11-34-5)14-20(27)23(22)16(2)31-21-8-7-17(13-19(21)26)32-24(33)30-10-9-25(3,4)28/h6-8,13-15,31H,2,9-12H2,1,3-5H3,(H2,30,32,33). The summed E-state index contributed by atoms with van der Waals surface area (Å²) in [7, 11) is 1.53. The number of methoxy groups -OCH3 is 1. The lowest BCUT2D eigenvalue weighted by atomic mass is 10.1. The Kier molecular flexibility index (Phi) is 10.1. The number of urea groups is 1. The lowest BCUT2D eigenvalue weighted by Crippen LogP contribution is -2.32. The highest BCUT2D eigenvalue weighted by Gasteiger charge is 2.17. The Morgan fingerprint density at radius 3 is 2.51 bits per heavy atom. The van der Waals surface area contributed by atoms with Crippen molar-refractivity contribution < 1.29 is 27.4 Å². The summed E-state index contributed by atoms with van der Waals surface area (Å²) in [6.45, 7) is 9.04. The predicted octanol–water partition coefficient (Wildman–Crippen LogP) is 6.05. The fraction of sp³-hybridized carbons (Fsp3) is 0.360. The third-order valence-electron chi connectivity index (χ3n) is 4.69. The molecule has 0 radical (unpaired) electrons. The van der Waals surface area contributed by atoms with Gasteiger partial charge >= 0.3 is 6.03 Å². The molecule has 35 heavy (non-hydrogen) atoms. The second-order valence-electron chi connectivity index (χ2n) is 8.18. The molecule has 3 N–H and O–H groups in total. The molecule has 0 aliphatic heterocycles. The maximum Gasteiger partial charge on any atom is 0.319 e. The molecule has 0 saturated carbocycles. The van der Waals surface area contributed by atoms with E-state index in [1.807, 2.05) is 0 Å². The molecule has 0 bridgehead atoms.